The van der Waals surface area contributed by atoms with E-state index < -0.39 is 12.5 Å². The molecule has 13 nitrogen and oxygen atoms in total. The van der Waals surface area contributed by atoms with Crippen LogP contribution in [0.25, 0.3) is 11.0 Å². The van der Waals surface area contributed by atoms with Crippen LogP contribution in [-0.2, 0) is 23.7 Å². The minimum absolute atomic E-state index is 0.152. The summed E-state index contributed by atoms with van der Waals surface area (Å²) >= 11 is 0. The van der Waals surface area contributed by atoms with Gasteiger partial charge in [-0.2, -0.15) is 9.97 Å². The van der Waals surface area contributed by atoms with Crippen LogP contribution < -0.4 is 19.6 Å². The zero-order valence-corrected chi connectivity index (χ0v) is 26.1. The van der Waals surface area contributed by atoms with E-state index in [4.69, 9.17) is 43.6 Å². The molecule has 0 radical (unpaired) electrons. The van der Waals surface area contributed by atoms with Crippen LogP contribution in [0.4, 0.5) is 32.3 Å². The first-order valence-corrected chi connectivity index (χ1v) is 14.8. The summed E-state index contributed by atoms with van der Waals surface area (Å²) in [5.41, 5.74) is 0.960. The minimum atomic E-state index is -2.83. The number of ether oxygens (including phenoxy) is 5. The van der Waals surface area contributed by atoms with E-state index in [1.165, 1.54) is 0 Å². The van der Waals surface area contributed by atoms with Crippen molar-refractivity contribution in [2.24, 2.45) is 0 Å². The fraction of sp³-hybridized carbons (Fsp3) is 0.786. The molecule has 0 atom stereocenters. The number of piperidine rings is 1. The summed E-state index contributed by atoms with van der Waals surface area (Å²) in [6.07, 6.45) is 1.56. The van der Waals surface area contributed by atoms with Crippen molar-refractivity contribution < 1.29 is 32.5 Å². The fourth-order valence-corrected chi connectivity index (χ4v) is 5.34. The molecule has 0 bridgehead atoms. The predicted octanol–water partition coefficient (Wildman–Crippen LogP) is 2.08. The number of fused-ring (bicyclic) bond motifs is 1. The maximum Gasteiger partial charge on any atom is 0.266 e. The molecule has 2 fully saturated rings. The van der Waals surface area contributed by atoms with Gasteiger partial charge in [-0.25, -0.2) is 18.7 Å². The quantitative estimate of drug-likeness (QED) is 0.260. The average Bonchev–Trinajstić information content (AvgIpc) is 3.39. The number of alkyl halides is 2. The molecule has 2 aromatic rings. The maximum atomic E-state index is 14.6. The summed E-state index contributed by atoms with van der Waals surface area (Å²) in [7, 11) is 8.27. The van der Waals surface area contributed by atoms with Gasteiger partial charge >= 0.3 is 0 Å². The monoisotopic (exact) mass is 612 g/mol. The molecule has 0 aromatic carbocycles. The Morgan fingerprint density at radius 1 is 0.674 bits per heavy atom. The predicted molar refractivity (Wildman–Crippen MR) is 161 cm³/mol. The molecular formula is C28H46F2N8O5. The van der Waals surface area contributed by atoms with Gasteiger partial charge in [-0.15, -0.1) is 0 Å². The molecule has 4 rings (SSSR count). The van der Waals surface area contributed by atoms with E-state index in [0.717, 1.165) is 12.8 Å². The van der Waals surface area contributed by atoms with E-state index in [2.05, 4.69) is 4.90 Å². The first-order valence-electron chi connectivity index (χ1n) is 14.8. The highest BCUT2D eigenvalue weighted by Gasteiger charge is 2.40. The molecule has 43 heavy (non-hydrogen) atoms. The van der Waals surface area contributed by atoms with Crippen LogP contribution in [0.2, 0.25) is 0 Å². The Kier molecular flexibility index (Phi) is 12.2. The lowest BCUT2D eigenvalue weighted by atomic mass is 10.1. The molecule has 2 aliphatic rings. The average molecular weight is 613 g/mol. The normalized spacial score (nSPS) is 17.3. The highest BCUT2D eigenvalue weighted by atomic mass is 19.3. The second-order valence-corrected chi connectivity index (χ2v) is 10.8. The molecule has 242 valence electrons. The van der Waals surface area contributed by atoms with E-state index in [1.807, 2.05) is 9.80 Å². The van der Waals surface area contributed by atoms with E-state index in [9.17, 15) is 8.78 Å². The minimum Gasteiger partial charge on any atom is -0.383 e. The van der Waals surface area contributed by atoms with Gasteiger partial charge in [-0.05, 0) is 12.8 Å². The van der Waals surface area contributed by atoms with Crippen molar-refractivity contribution >= 4 is 34.6 Å². The zero-order valence-electron chi connectivity index (χ0n) is 26.1. The third-order valence-electron chi connectivity index (χ3n) is 7.85. The number of nitrogens with zero attached hydrogens (tertiary/aromatic N) is 8. The number of hydrogen-bond donors (Lipinski definition) is 0. The molecule has 0 amide bonds. The molecular weight excluding hydrogens is 566 g/mol. The van der Waals surface area contributed by atoms with Crippen LogP contribution in [0.5, 0.6) is 0 Å². The van der Waals surface area contributed by atoms with E-state index >= 15 is 0 Å². The lowest BCUT2D eigenvalue weighted by molar-refractivity contribution is 0.0257. The first kappa shape index (κ1) is 33.2. The number of aromatic nitrogens is 4. The third kappa shape index (κ3) is 8.47. The van der Waals surface area contributed by atoms with Crippen molar-refractivity contribution in [3.8, 4) is 0 Å². The van der Waals surface area contributed by atoms with E-state index in [-0.39, 0.29) is 19.1 Å². The molecule has 4 heterocycles. The number of halogens is 2. The lowest BCUT2D eigenvalue weighted by Gasteiger charge is -2.34. The summed E-state index contributed by atoms with van der Waals surface area (Å²) in [6, 6.07) is 0. The van der Waals surface area contributed by atoms with Gasteiger partial charge in [0.15, 0.2) is 11.6 Å². The Bertz CT molecular complexity index is 1140. The Balaban J connectivity index is 1.92. The molecule has 2 aromatic heterocycles. The van der Waals surface area contributed by atoms with Crippen LogP contribution in [-0.4, -0.2) is 146 Å². The largest absolute Gasteiger partial charge is 0.383 e. The van der Waals surface area contributed by atoms with Crippen molar-refractivity contribution in [1.29, 1.82) is 0 Å². The van der Waals surface area contributed by atoms with Crippen molar-refractivity contribution in [1.82, 2.24) is 19.9 Å². The van der Waals surface area contributed by atoms with Gasteiger partial charge in [0.2, 0.25) is 11.9 Å². The molecule has 0 saturated carbocycles. The lowest BCUT2D eigenvalue weighted by Crippen LogP contribution is -2.38. The second-order valence-electron chi connectivity index (χ2n) is 10.8. The van der Waals surface area contributed by atoms with Crippen molar-refractivity contribution in [3.05, 3.63) is 0 Å². The Labute approximate surface area is 252 Å². The number of rotatable bonds is 17. The van der Waals surface area contributed by atoms with Gasteiger partial charge < -0.3 is 43.3 Å². The van der Waals surface area contributed by atoms with Crippen LogP contribution >= 0.6 is 0 Å². The van der Waals surface area contributed by atoms with E-state index in [1.54, 1.807) is 40.4 Å². The number of methoxy groups -OCH3 is 5. The first-order chi connectivity index (χ1) is 20.8. The SMILES string of the molecule is COCCN(CCOC)c1nc(N2CCC(F)(F)C2)c2nc(N(CCOC)CCOC)nc(N3CCC(OC)CC3)c2n1. The second kappa shape index (κ2) is 15.8. The van der Waals surface area contributed by atoms with Crippen molar-refractivity contribution in [3.63, 3.8) is 0 Å². The summed E-state index contributed by atoms with van der Waals surface area (Å²) in [4.78, 5) is 27.7. The third-order valence-corrected chi connectivity index (χ3v) is 7.85. The Morgan fingerprint density at radius 2 is 1.12 bits per heavy atom. The smallest absolute Gasteiger partial charge is 0.266 e. The van der Waals surface area contributed by atoms with Crippen molar-refractivity contribution in [2.75, 3.05) is 134 Å². The van der Waals surface area contributed by atoms with Crippen molar-refractivity contribution in [2.45, 2.75) is 31.3 Å². The van der Waals surface area contributed by atoms with E-state index in [0.29, 0.717) is 100 Å². The zero-order chi connectivity index (χ0) is 30.8. The molecule has 2 aliphatic heterocycles. The van der Waals surface area contributed by atoms with Gasteiger partial charge in [-0.3, -0.25) is 0 Å². The van der Waals surface area contributed by atoms with Crippen LogP contribution in [0, 0.1) is 0 Å². The maximum absolute atomic E-state index is 14.6. The highest BCUT2D eigenvalue weighted by molar-refractivity contribution is 5.95. The number of anilines is 4. The highest BCUT2D eigenvalue weighted by Crippen LogP contribution is 2.37. The molecule has 15 heteroatoms. The van der Waals surface area contributed by atoms with Gasteiger partial charge in [0.25, 0.3) is 5.92 Å². The molecule has 0 aliphatic carbocycles. The topological polar surface area (TPSA) is 111 Å². The molecule has 0 unspecified atom stereocenters. The van der Waals surface area contributed by atoms with Gasteiger partial charge in [-0.1, -0.05) is 0 Å². The standard InChI is InChI=1S/C28H46F2N8O5/c1-39-16-12-36(13-17-40-2)26-32-23-22(24(33-26)35-9-6-21(43-5)7-10-35)31-27(37(14-18-41-3)15-19-42-4)34-25(23)38-11-8-28(29,30)20-38/h21H,6-20H2,1-5H3. The number of hydrogen-bond acceptors (Lipinski definition) is 13. The van der Waals surface area contributed by atoms with Gasteiger partial charge in [0.05, 0.1) is 39.1 Å². The summed E-state index contributed by atoms with van der Waals surface area (Å²) in [6.45, 7) is 4.92. The van der Waals surface area contributed by atoms with Crippen LogP contribution in [0.15, 0.2) is 0 Å². The van der Waals surface area contributed by atoms with Gasteiger partial charge in [0, 0.05) is 87.8 Å². The van der Waals surface area contributed by atoms with Gasteiger partial charge in [0.1, 0.15) is 11.0 Å². The molecule has 0 N–H and O–H groups in total. The summed E-state index contributed by atoms with van der Waals surface area (Å²) in [5, 5.41) is 0. The molecule has 2 saturated heterocycles. The van der Waals surface area contributed by atoms with Crippen LogP contribution in [0.1, 0.15) is 19.3 Å². The van der Waals surface area contributed by atoms with Crippen LogP contribution in [0.3, 0.4) is 0 Å². The fourth-order valence-electron chi connectivity index (χ4n) is 5.34. The molecule has 0 spiro atoms. The summed E-state index contributed by atoms with van der Waals surface area (Å²) < 4.78 is 56.2. The summed E-state index contributed by atoms with van der Waals surface area (Å²) in [5.74, 6) is -0.973. The Morgan fingerprint density at radius 3 is 1.49 bits per heavy atom. The Hall–Kier alpha value is -2.72.